The van der Waals surface area contributed by atoms with Crippen molar-refractivity contribution in [2.75, 3.05) is 8.61 Å². The van der Waals surface area contributed by atoms with Gasteiger partial charge >= 0.3 is 0 Å². The number of nitrogens with zero attached hydrogens (tertiary/aromatic N) is 2. The van der Waals surface area contributed by atoms with Gasteiger partial charge in [0.05, 0.1) is 12.1 Å². The monoisotopic (exact) mass is 456 g/mol. The Morgan fingerprint density at radius 3 is 1.03 bits per heavy atom. The molecule has 2 atom stereocenters. The second-order valence-corrected chi connectivity index (χ2v) is 9.62. The minimum Gasteiger partial charge on any atom is -0.299 e. The maximum Gasteiger partial charge on any atom is 0.0636 e. The smallest absolute Gasteiger partial charge is 0.0636 e. The molecule has 0 saturated heterocycles. The Bertz CT molecular complexity index is 971. The van der Waals surface area contributed by atoms with E-state index >= 15 is 0 Å². The highest BCUT2D eigenvalue weighted by atomic mass is 33.1. The third-order valence-electron chi connectivity index (χ3n) is 5.48. The quantitative estimate of drug-likeness (QED) is 0.183. The van der Waals surface area contributed by atoms with Gasteiger partial charge in [-0.05, 0) is 49.2 Å². The van der Waals surface area contributed by atoms with Crippen LogP contribution < -0.4 is 8.61 Å². The minimum absolute atomic E-state index is 0.223. The van der Waals surface area contributed by atoms with Crippen molar-refractivity contribution in [3.05, 3.63) is 132 Å². The molecule has 0 unspecified atom stereocenters. The molecule has 4 rings (SSSR count). The first-order chi connectivity index (χ1) is 15.7. The lowest BCUT2D eigenvalue weighted by molar-refractivity contribution is 0.819. The molecule has 0 amide bonds. The molecule has 0 heterocycles. The fraction of sp³-hybridized carbons (Fsp3) is 0.143. The normalized spacial score (nSPS) is 12.7. The topological polar surface area (TPSA) is 6.48 Å². The van der Waals surface area contributed by atoms with Crippen LogP contribution in [0.5, 0.6) is 0 Å². The Balaban J connectivity index is 1.62. The SMILES string of the molecule is C[C@H](c1ccccc1)N(SSN(c1ccccc1)[C@H](C)c1ccccc1)c1ccccc1. The molecule has 0 bridgehead atoms. The summed E-state index contributed by atoms with van der Waals surface area (Å²) in [4.78, 5) is 0. The van der Waals surface area contributed by atoms with E-state index < -0.39 is 0 Å². The zero-order valence-electron chi connectivity index (χ0n) is 18.4. The van der Waals surface area contributed by atoms with Crippen molar-refractivity contribution in [1.82, 2.24) is 0 Å². The van der Waals surface area contributed by atoms with Crippen molar-refractivity contribution < 1.29 is 0 Å². The van der Waals surface area contributed by atoms with E-state index in [1.807, 2.05) is 0 Å². The van der Waals surface area contributed by atoms with E-state index in [-0.39, 0.29) is 12.1 Å². The lowest BCUT2D eigenvalue weighted by Crippen LogP contribution is -2.22. The van der Waals surface area contributed by atoms with Crippen LogP contribution >= 0.6 is 22.0 Å². The van der Waals surface area contributed by atoms with Gasteiger partial charge in [-0.3, -0.25) is 8.61 Å². The summed E-state index contributed by atoms with van der Waals surface area (Å²) in [5.74, 6) is 0. The molecular formula is C28H28N2S2. The van der Waals surface area contributed by atoms with Gasteiger partial charge in [0.25, 0.3) is 0 Å². The summed E-state index contributed by atoms with van der Waals surface area (Å²) < 4.78 is 4.79. The molecule has 4 heteroatoms. The maximum atomic E-state index is 2.40. The number of rotatable bonds is 9. The van der Waals surface area contributed by atoms with Gasteiger partial charge in [0.15, 0.2) is 0 Å². The Kier molecular flexibility index (Phi) is 7.81. The largest absolute Gasteiger partial charge is 0.299 e. The van der Waals surface area contributed by atoms with Crippen LogP contribution in [0.15, 0.2) is 121 Å². The number of benzene rings is 4. The molecule has 2 nitrogen and oxygen atoms in total. The van der Waals surface area contributed by atoms with Crippen LogP contribution in [0.1, 0.15) is 37.1 Å². The Morgan fingerprint density at radius 1 is 0.438 bits per heavy atom. The van der Waals surface area contributed by atoms with Crippen molar-refractivity contribution in [3.8, 4) is 0 Å². The van der Waals surface area contributed by atoms with E-state index in [1.54, 1.807) is 22.0 Å². The van der Waals surface area contributed by atoms with Crippen molar-refractivity contribution >= 4 is 33.3 Å². The van der Waals surface area contributed by atoms with Crippen LogP contribution in [-0.2, 0) is 0 Å². The molecule has 0 N–H and O–H groups in total. The van der Waals surface area contributed by atoms with Gasteiger partial charge in [0.2, 0.25) is 0 Å². The number of para-hydroxylation sites is 2. The molecule has 162 valence electrons. The van der Waals surface area contributed by atoms with E-state index in [0.717, 1.165) is 0 Å². The van der Waals surface area contributed by atoms with Crippen LogP contribution in [0.25, 0.3) is 0 Å². The number of hydrogen-bond acceptors (Lipinski definition) is 4. The molecule has 0 saturated carbocycles. The summed E-state index contributed by atoms with van der Waals surface area (Å²) in [5, 5.41) is 0. The molecule has 0 fully saturated rings. The molecule has 0 aliphatic heterocycles. The van der Waals surface area contributed by atoms with Gasteiger partial charge in [-0.25, -0.2) is 0 Å². The first-order valence-electron chi connectivity index (χ1n) is 10.9. The minimum atomic E-state index is 0.223. The van der Waals surface area contributed by atoms with Gasteiger partial charge in [0.1, 0.15) is 0 Å². The standard InChI is InChI=1S/C28H28N2S2/c1-23(25-15-7-3-8-16-25)29(27-19-11-5-12-20-27)31-32-30(28-21-13-6-14-22-28)24(2)26-17-9-4-10-18-26/h3-24H,1-2H3/t23-,24-/m1/s1. The van der Waals surface area contributed by atoms with Gasteiger partial charge in [-0.1, -0.05) is 97.1 Å². The average molecular weight is 457 g/mol. The summed E-state index contributed by atoms with van der Waals surface area (Å²) in [6.07, 6.45) is 0. The molecule has 4 aromatic carbocycles. The van der Waals surface area contributed by atoms with Crippen LogP contribution in [0, 0.1) is 0 Å². The molecule has 4 aromatic rings. The highest BCUT2D eigenvalue weighted by Gasteiger charge is 2.23. The predicted molar refractivity (Wildman–Crippen MR) is 143 cm³/mol. The molecule has 0 aliphatic rings. The van der Waals surface area contributed by atoms with Crippen molar-refractivity contribution in [3.63, 3.8) is 0 Å². The molecule has 0 radical (unpaired) electrons. The van der Waals surface area contributed by atoms with Crippen molar-refractivity contribution in [1.29, 1.82) is 0 Å². The van der Waals surface area contributed by atoms with Crippen LogP contribution in [0.2, 0.25) is 0 Å². The second-order valence-electron chi connectivity index (χ2n) is 7.65. The molecule has 0 aliphatic carbocycles. The third-order valence-corrected chi connectivity index (χ3v) is 8.09. The Hall–Kier alpha value is -2.82. The molecule has 32 heavy (non-hydrogen) atoms. The first kappa shape index (κ1) is 22.4. The summed E-state index contributed by atoms with van der Waals surface area (Å²) in [6, 6.07) is 43.1. The van der Waals surface area contributed by atoms with Gasteiger partial charge < -0.3 is 0 Å². The van der Waals surface area contributed by atoms with Crippen LogP contribution in [-0.4, -0.2) is 0 Å². The summed E-state index contributed by atoms with van der Waals surface area (Å²) in [6.45, 7) is 4.53. The highest BCUT2D eigenvalue weighted by molar-refractivity contribution is 8.77. The molecular weight excluding hydrogens is 428 g/mol. The van der Waals surface area contributed by atoms with Gasteiger partial charge in [-0.2, -0.15) is 0 Å². The Morgan fingerprint density at radius 2 is 0.719 bits per heavy atom. The summed E-state index contributed by atoms with van der Waals surface area (Å²) in [5.41, 5.74) is 4.99. The highest BCUT2D eigenvalue weighted by Crippen LogP contribution is 2.45. The van der Waals surface area contributed by atoms with Crippen LogP contribution in [0.4, 0.5) is 11.4 Å². The van der Waals surface area contributed by atoms with E-state index in [4.69, 9.17) is 0 Å². The maximum absolute atomic E-state index is 2.40. The third kappa shape index (κ3) is 5.50. The van der Waals surface area contributed by atoms with E-state index in [9.17, 15) is 0 Å². The van der Waals surface area contributed by atoms with Gasteiger partial charge in [0, 0.05) is 33.3 Å². The van der Waals surface area contributed by atoms with Crippen LogP contribution in [0.3, 0.4) is 0 Å². The fourth-order valence-electron chi connectivity index (χ4n) is 3.62. The average Bonchev–Trinajstić information content (AvgIpc) is 2.88. The fourth-order valence-corrected chi connectivity index (χ4v) is 6.40. The zero-order chi connectivity index (χ0) is 22.2. The Labute approximate surface area is 199 Å². The predicted octanol–water partition coefficient (Wildman–Crippen LogP) is 8.73. The lowest BCUT2D eigenvalue weighted by atomic mass is 10.1. The van der Waals surface area contributed by atoms with Gasteiger partial charge in [-0.15, -0.1) is 0 Å². The number of anilines is 2. The first-order valence-corrected chi connectivity index (χ1v) is 12.9. The van der Waals surface area contributed by atoms with E-state index in [1.165, 1.54) is 22.5 Å². The van der Waals surface area contributed by atoms with Crippen molar-refractivity contribution in [2.45, 2.75) is 25.9 Å². The molecule has 0 spiro atoms. The number of hydrogen-bond donors (Lipinski definition) is 0. The van der Waals surface area contributed by atoms with E-state index in [0.29, 0.717) is 0 Å². The molecule has 0 aromatic heterocycles. The summed E-state index contributed by atoms with van der Waals surface area (Å²) in [7, 11) is 3.56. The van der Waals surface area contributed by atoms with E-state index in [2.05, 4.69) is 144 Å². The van der Waals surface area contributed by atoms with Crippen molar-refractivity contribution in [2.24, 2.45) is 0 Å². The summed E-state index contributed by atoms with van der Waals surface area (Å²) >= 11 is 0. The second kappa shape index (κ2) is 11.2. The zero-order valence-corrected chi connectivity index (χ0v) is 20.0. The lowest BCUT2D eigenvalue weighted by Gasteiger charge is -2.34.